The average Bonchev–Trinajstić information content (AvgIpc) is 2.53. The molecule has 1 aliphatic heterocycles. The third kappa shape index (κ3) is 1.07. The molecule has 0 N–H and O–H groups in total. The Balaban J connectivity index is 2.25. The molecule has 0 radical (unpaired) electrons. The van der Waals surface area contributed by atoms with Crippen molar-refractivity contribution >= 4 is 6.29 Å². The van der Waals surface area contributed by atoms with Crippen LogP contribution in [0.25, 0.3) is 0 Å². The standard InChI is InChI=1S/C6H10O2/c1-2-5(3-7)6-4-8-6/h3,5-6H,2,4H2,1H3. The Morgan fingerprint density at radius 3 is 2.75 bits per heavy atom. The summed E-state index contributed by atoms with van der Waals surface area (Å²) in [7, 11) is 0. The number of epoxide rings is 1. The Bertz CT molecular complexity index is 86.5. The maximum atomic E-state index is 10.1. The van der Waals surface area contributed by atoms with Crippen LogP contribution in [0.5, 0.6) is 0 Å². The van der Waals surface area contributed by atoms with E-state index in [0.717, 1.165) is 19.3 Å². The van der Waals surface area contributed by atoms with Crippen molar-refractivity contribution in [1.82, 2.24) is 0 Å². The highest BCUT2D eigenvalue weighted by Gasteiger charge is 2.30. The first-order valence-corrected chi connectivity index (χ1v) is 2.95. The number of aldehydes is 1. The quantitative estimate of drug-likeness (QED) is 0.397. The zero-order valence-electron chi connectivity index (χ0n) is 4.96. The summed E-state index contributed by atoms with van der Waals surface area (Å²) in [5, 5.41) is 0. The molecule has 0 aliphatic carbocycles. The molecule has 2 nitrogen and oxygen atoms in total. The molecule has 1 fully saturated rings. The molecule has 1 saturated heterocycles. The van der Waals surface area contributed by atoms with Crippen molar-refractivity contribution in [3.8, 4) is 0 Å². The van der Waals surface area contributed by atoms with Crippen molar-refractivity contribution in [1.29, 1.82) is 0 Å². The highest BCUT2D eigenvalue weighted by Crippen LogP contribution is 2.20. The van der Waals surface area contributed by atoms with E-state index in [-0.39, 0.29) is 12.0 Å². The Morgan fingerprint density at radius 2 is 2.62 bits per heavy atom. The van der Waals surface area contributed by atoms with Crippen LogP contribution >= 0.6 is 0 Å². The summed E-state index contributed by atoms with van der Waals surface area (Å²) in [6.07, 6.45) is 2.16. The van der Waals surface area contributed by atoms with Gasteiger partial charge in [-0.2, -0.15) is 0 Å². The van der Waals surface area contributed by atoms with Crippen LogP contribution in [0.4, 0.5) is 0 Å². The van der Waals surface area contributed by atoms with Crippen LogP contribution in [0.15, 0.2) is 0 Å². The van der Waals surface area contributed by atoms with Gasteiger partial charge in [0.2, 0.25) is 0 Å². The number of hydrogen-bond donors (Lipinski definition) is 0. The third-order valence-electron chi connectivity index (χ3n) is 1.48. The van der Waals surface area contributed by atoms with Crippen molar-refractivity contribution in [2.45, 2.75) is 19.4 Å². The maximum absolute atomic E-state index is 10.1. The van der Waals surface area contributed by atoms with Gasteiger partial charge >= 0.3 is 0 Å². The fourth-order valence-electron chi connectivity index (χ4n) is 0.749. The fraction of sp³-hybridized carbons (Fsp3) is 0.833. The summed E-state index contributed by atoms with van der Waals surface area (Å²) >= 11 is 0. The smallest absolute Gasteiger partial charge is 0.125 e. The monoisotopic (exact) mass is 114 g/mol. The summed E-state index contributed by atoms with van der Waals surface area (Å²) in [4.78, 5) is 10.1. The number of hydrogen-bond acceptors (Lipinski definition) is 2. The van der Waals surface area contributed by atoms with E-state index in [1.165, 1.54) is 0 Å². The molecule has 0 bridgehead atoms. The second-order valence-corrected chi connectivity index (χ2v) is 2.08. The molecular weight excluding hydrogens is 104 g/mol. The van der Waals surface area contributed by atoms with Gasteiger partial charge in [0, 0.05) is 5.92 Å². The van der Waals surface area contributed by atoms with Gasteiger partial charge in [0.1, 0.15) is 6.29 Å². The Kier molecular flexibility index (Phi) is 1.63. The molecule has 0 amide bonds. The summed E-state index contributed by atoms with van der Waals surface area (Å²) in [5.41, 5.74) is 0. The summed E-state index contributed by atoms with van der Waals surface area (Å²) in [6.45, 7) is 2.79. The topological polar surface area (TPSA) is 29.6 Å². The highest BCUT2D eigenvalue weighted by atomic mass is 16.6. The fourth-order valence-corrected chi connectivity index (χ4v) is 0.749. The minimum atomic E-state index is 0.162. The average molecular weight is 114 g/mol. The first-order valence-electron chi connectivity index (χ1n) is 2.95. The van der Waals surface area contributed by atoms with Gasteiger partial charge < -0.3 is 9.53 Å². The molecule has 2 unspecified atom stereocenters. The van der Waals surface area contributed by atoms with Crippen LogP contribution in [0.2, 0.25) is 0 Å². The zero-order chi connectivity index (χ0) is 5.98. The van der Waals surface area contributed by atoms with Crippen molar-refractivity contribution < 1.29 is 9.53 Å². The van der Waals surface area contributed by atoms with Crippen LogP contribution in [0.1, 0.15) is 13.3 Å². The number of rotatable bonds is 3. The molecule has 8 heavy (non-hydrogen) atoms. The number of ether oxygens (including phenoxy) is 1. The minimum Gasteiger partial charge on any atom is -0.372 e. The predicted octanol–water partition coefficient (Wildman–Crippen LogP) is 0.610. The summed E-state index contributed by atoms with van der Waals surface area (Å²) in [6, 6.07) is 0. The Morgan fingerprint density at radius 1 is 2.00 bits per heavy atom. The molecule has 0 aromatic carbocycles. The van der Waals surface area contributed by atoms with Crippen LogP contribution in [-0.4, -0.2) is 19.0 Å². The van der Waals surface area contributed by atoms with E-state index in [0.29, 0.717) is 0 Å². The molecule has 0 saturated carbocycles. The minimum absolute atomic E-state index is 0.162. The first-order chi connectivity index (χ1) is 3.88. The predicted molar refractivity (Wildman–Crippen MR) is 29.6 cm³/mol. The number of carbonyl (C=O) groups excluding carboxylic acids is 1. The lowest BCUT2D eigenvalue weighted by atomic mass is 10.1. The summed E-state index contributed by atoms with van der Waals surface area (Å²) in [5.74, 6) is 0.162. The van der Waals surface area contributed by atoms with Crippen LogP contribution in [-0.2, 0) is 9.53 Å². The highest BCUT2D eigenvalue weighted by molar-refractivity contribution is 5.54. The van der Waals surface area contributed by atoms with Crippen LogP contribution < -0.4 is 0 Å². The molecule has 0 spiro atoms. The lowest BCUT2D eigenvalue weighted by Gasteiger charge is -1.97. The van der Waals surface area contributed by atoms with Gasteiger partial charge in [-0.05, 0) is 6.42 Å². The van der Waals surface area contributed by atoms with Crippen LogP contribution in [0, 0.1) is 5.92 Å². The van der Waals surface area contributed by atoms with Gasteiger partial charge in [-0.25, -0.2) is 0 Å². The van der Waals surface area contributed by atoms with Crippen molar-refractivity contribution in [3.63, 3.8) is 0 Å². The molecule has 0 aromatic rings. The third-order valence-corrected chi connectivity index (χ3v) is 1.48. The molecule has 2 heteroatoms. The van der Waals surface area contributed by atoms with Crippen molar-refractivity contribution in [2.24, 2.45) is 5.92 Å². The lowest BCUT2D eigenvalue weighted by Crippen LogP contribution is -2.07. The van der Waals surface area contributed by atoms with Gasteiger partial charge in [0.25, 0.3) is 0 Å². The maximum Gasteiger partial charge on any atom is 0.125 e. The van der Waals surface area contributed by atoms with E-state index >= 15 is 0 Å². The van der Waals surface area contributed by atoms with E-state index in [2.05, 4.69) is 0 Å². The van der Waals surface area contributed by atoms with Crippen molar-refractivity contribution in [2.75, 3.05) is 6.61 Å². The van der Waals surface area contributed by atoms with Gasteiger partial charge in [0.05, 0.1) is 12.7 Å². The molecule has 1 rings (SSSR count). The van der Waals surface area contributed by atoms with Gasteiger partial charge in [0.15, 0.2) is 0 Å². The molecular formula is C6H10O2. The SMILES string of the molecule is CCC(C=O)C1CO1. The normalized spacial score (nSPS) is 29.4. The van der Waals surface area contributed by atoms with Crippen LogP contribution in [0.3, 0.4) is 0 Å². The van der Waals surface area contributed by atoms with Gasteiger partial charge in [-0.15, -0.1) is 0 Å². The van der Waals surface area contributed by atoms with Crippen molar-refractivity contribution in [3.05, 3.63) is 0 Å². The number of carbonyl (C=O) groups is 1. The molecule has 1 aliphatic rings. The van der Waals surface area contributed by atoms with E-state index in [1.807, 2.05) is 6.92 Å². The van der Waals surface area contributed by atoms with E-state index in [1.54, 1.807) is 0 Å². The Labute approximate surface area is 48.8 Å². The van der Waals surface area contributed by atoms with E-state index in [9.17, 15) is 4.79 Å². The largest absolute Gasteiger partial charge is 0.372 e. The molecule has 1 heterocycles. The second kappa shape index (κ2) is 2.27. The zero-order valence-corrected chi connectivity index (χ0v) is 4.96. The van der Waals surface area contributed by atoms with Gasteiger partial charge in [-0.1, -0.05) is 6.92 Å². The summed E-state index contributed by atoms with van der Waals surface area (Å²) < 4.78 is 4.92. The first kappa shape index (κ1) is 5.76. The van der Waals surface area contributed by atoms with E-state index < -0.39 is 0 Å². The lowest BCUT2D eigenvalue weighted by molar-refractivity contribution is -0.111. The molecule has 0 aromatic heterocycles. The molecule has 46 valence electrons. The second-order valence-electron chi connectivity index (χ2n) is 2.08. The van der Waals surface area contributed by atoms with Gasteiger partial charge in [-0.3, -0.25) is 0 Å². The van der Waals surface area contributed by atoms with E-state index in [4.69, 9.17) is 4.74 Å². The Hall–Kier alpha value is -0.370. The molecule has 2 atom stereocenters.